The van der Waals surface area contributed by atoms with Gasteiger partial charge in [0.05, 0.1) is 17.5 Å². The molecule has 0 aliphatic rings. The van der Waals surface area contributed by atoms with Gasteiger partial charge in [-0.15, -0.1) is 0 Å². The molecule has 0 atom stereocenters. The molecule has 3 rings (SSSR count). The van der Waals surface area contributed by atoms with E-state index in [-0.39, 0.29) is 5.56 Å². The molecule has 2 aromatic carbocycles. The molecule has 0 aliphatic heterocycles. The van der Waals surface area contributed by atoms with Gasteiger partial charge in [-0.2, -0.15) is 5.10 Å². The second kappa shape index (κ2) is 7.74. The van der Waals surface area contributed by atoms with Crippen molar-refractivity contribution in [2.75, 3.05) is 5.43 Å². The summed E-state index contributed by atoms with van der Waals surface area (Å²) in [5.74, 6) is -0.924. The van der Waals surface area contributed by atoms with Crippen LogP contribution in [0.25, 0.3) is 5.69 Å². The number of hydrogen-bond donors (Lipinski definition) is 2. The van der Waals surface area contributed by atoms with Crippen molar-refractivity contribution in [2.45, 2.75) is 13.8 Å². The SMILES string of the molecule is Cc1cc(/C=N/Nc2ccc(I)cc2)c(C)n1-c1ccc(C(=O)O)cc1. The van der Waals surface area contributed by atoms with Crippen LogP contribution in [-0.2, 0) is 0 Å². The molecule has 3 aromatic rings. The average molecular weight is 459 g/mol. The van der Waals surface area contributed by atoms with Crippen LogP contribution >= 0.6 is 22.6 Å². The van der Waals surface area contributed by atoms with Crippen molar-refractivity contribution in [2.24, 2.45) is 5.10 Å². The Balaban J connectivity index is 1.82. The number of hydrazone groups is 1. The molecule has 0 fully saturated rings. The highest BCUT2D eigenvalue weighted by Gasteiger charge is 2.10. The van der Waals surface area contributed by atoms with Gasteiger partial charge >= 0.3 is 5.97 Å². The molecule has 0 unspecified atom stereocenters. The number of rotatable bonds is 5. The van der Waals surface area contributed by atoms with Crippen LogP contribution in [0.1, 0.15) is 27.3 Å². The van der Waals surface area contributed by atoms with Crippen LogP contribution in [-0.4, -0.2) is 21.9 Å². The van der Waals surface area contributed by atoms with E-state index in [4.69, 9.17) is 5.11 Å². The van der Waals surface area contributed by atoms with Gasteiger partial charge < -0.3 is 9.67 Å². The Morgan fingerprint density at radius 3 is 2.38 bits per heavy atom. The third-order valence-electron chi connectivity index (χ3n) is 4.08. The van der Waals surface area contributed by atoms with E-state index < -0.39 is 5.97 Å². The summed E-state index contributed by atoms with van der Waals surface area (Å²) in [4.78, 5) is 11.0. The van der Waals surface area contributed by atoms with Gasteiger partial charge in [0, 0.05) is 26.2 Å². The van der Waals surface area contributed by atoms with Crippen LogP contribution in [0, 0.1) is 17.4 Å². The Labute approximate surface area is 165 Å². The maximum atomic E-state index is 11.0. The van der Waals surface area contributed by atoms with Crippen molar-refractivity contribution < 1.29 is 9.90 Å². The lowest BCUT2D eigenvalue weighted by Gasteiger charge is -2.09. The lowest BCUT2D eigenvalue weighted by atomic mass is 10.2. The molecule has 0 bridgehead atoms. The van der Waals surface area contributed by atoms with E-state index in [1.807, 2.05) is 50.2 Å². The lowest BCUT2D eigenvalue weighted by Crippen LogP contribution is -2.01. The number of nitrogens with one attached hydrogen (secondary N) is 1. The van der Waals surface area contributed by atoms with Crippen LogP contribution in [0.3, 0.4) is 0 Å². The smallest absolute Gasteiger partial charge is 0.335 e. The monoisotopic (exact) mass is 459 g/mol. The second-order valence-electron chi connectivity index (χ2n) is 5.89. The molecule has 5 nitrogen and oxygen atoms in total. The highest BCUT2D eigenvalue weighted by Crippen LogP contribution is 2.20. The van der Waals surface area contributed by atoms with E-state index in [0.29, 0.717) is 0 Å². The summed E-state index contributed by atoms with van der Waals surface area (Å²) in [7, 11) is 0. The predicted molar refractivity (Wildman–Crippen MR) is 113 cm³/mol. The van der Waals surface area contributed by atoms with Gasteiger partial charge in [0.1, 0.15) is 0 Å². The summed E-state index contributed by atoms with van der Waals surface area (Å²) in [6.45, 7) is 4.03. The van der Waals surface area contributed by atoms with E-state index in [9.17, 15) is 4.79 Å². The Kier molecular flexibility index (Phi) is 5.41. The number of halogens is 1. The Hall–Kier alpha value is -2.61. The number of nitrogens with zero attached hydrogens (tertiary/aromatic N) is 2. The Bertz CT molecular complexity index is 958. The van der Waals surface area contributed by atoms with Crippen molar-refractivity contribution in [3.05, 3.63) is 80.7 Å². The first-order valence-corrected chi connectivity index (χ1v) is 9.11. The number of benzene rings is 2. The van der Waals surface area contributed by atoms with E-state index in [0.717, 1.165) is 28.3 Å². The van der Waals surface area contributed by atoms with Crippen LogP contribution in [0.2, 0.25) is 0 Å². The molecule has 0 radical (unpaired) electrons. The van der Waals surface area contributed by atoms with Crippen molar-refractivity contribution in [3.63, 3.8) is 0 Å². The van der Waals surface area contributed by atoms with Crippen LogP contribution < -0.4 is 5.43 Å². The predicted octanol–water partition coefficient (Wildman–Crippen LogP) is 4.84. The summed E-state index contributed by atoms with van der Waals surface area (Å²) in [5.41, 5.74) is 8.26. The summed E-state index contributed by atoms with van der Waals surface area (Å²) >= 11 is 2.26. The molecule has 0 saturated heterocycles. The van der Waals surface area contributed by atoms with Crippen molar-refractivity contribution in [1.29, 1.82) is 0 Å². The van der Waals surface area contributed by atoms with Gasteiger partial charge in [0.15, 0.2) is 0 Å². The Morgan fingerprint density at radius 1 is 1.12 bits per heavy atom. The zero-order valence-corrected chi connectivity index (χ0v) is 16.6. The number of aryl methyl sites for hydroxylation is 1. The number of hydrogen-bond acceptors (Lipinski definition) is 3. The largest absolute Gasteiger partial charge is 0.478 e. The molecule has 6 heteroatoms. The maximum Gasteiger partial charge on any atom is 0.335 e. The van der Waals surface area contributed by atoms with Gasteiger partial charge in [-0.1, -0.05) is 0 Å². The third-order valence-corrected chi connectivity index (χ3v) is 4.80. The second-order valence-corrected chi connectivity index (χ2v) is 7.14. The minimum atomic E-state index is -0.924. The van der Waals surface area contributed by atoms with Crippen molar-refractivity contribution in [1.82, 2.24) is 4.57 Å². The van der Waals surface area contributed by atoms with E-state index in [2.05, 4.69) is 43.8 Å². The van der Waals surface area contributed by atoms with Gasteiger partial charge in [-0.25, -0.2) is 4.79 Å². The number of carboxylic acids is 1. The molecule has 26 heavy (non-hydrogen) atoms. The molecule has 0 saturated carbocycles. The summed E-state index contributed by atoms with van der Waals surface area (Å²) < 4.78 is 3.26. The van der Waals surface area contributed by atoms with E-state index in [1.165, 1.54) is 3.57 Å². The van der Waals surface area contributed by atoms with Crippen molar-refractivity contribution in [3.8, 4) is 5.69 Å². The third kappa shape index (κ3) is 3.96. The quantitative estimate of drug-likeness (QED) is 0.326. The fourth-order valence-electron chi connectivity index (χ4n) is 2.77. The van der Waals surface area contributed by atoms with Crippen LogP contribution in [0.4, 0.5) is 5.69 Å². The zero-order valence-electron chi connectivity index (χ0n) is 14.4. The Morgan fingerprint density at radius 2 is 1.77 bits per heavy atom. The van der Waals surface area contributed by atoms with Gasteiger partial charge in [-0.05, 0) is 91.0 Å². The molecule has 1 aromatic heterocycles. The van der Waals surface area contributed by atoms with Gasteiger partial charge in [0.2, 0.25) is 0 Å². The van der Waals surface area contributed by atoms with Crippen LogP contribution in [0.5, 0.6) is 0 Å². The molecule has 0 aliphatic carbocycles. The normalized spacial score (nSPS) is 11.0. The molecule has 1 heterocycles. The first-order chi connectivity index (χ1) is 12.5. The molecule has 132 valence electrons. The number of carbonyl (C=O) groups is 1. The number of anilines is 1. The fourth-order valence-corrected chi connectivity index (χ4v) is 3.13. The topological polar surface area (TPSA) is 66.6 Å². The maximum absolute atomic E-state index is 11.0. The summed E-state index contributed by atoms with van der Waals surface area (Å²) in [5, 5.41) is 13.4. The average Bonchev–Trinajstić information content (AvgIpc) is 2.90. The number of aromatic nitrogens is 1. The highest BCUT2D eigenvalue weighted by molar-refractivity contribution is 14.1. The van der Waals surface area contributed by atoms with Crippen molar-refractivity contribution >= 4 is 40.5 Å². The van der Waals surface area contributed by atoms with E-state index >= 15 is 0 Å². The minimum Gasteiger partial charge on any atom is -0.478 e. The fraction of sp³-hybridized carbons (Fsp3) is 0.100. The molecular formula is C20H18IN3O2. The first kappa shape index (κ1) is 18.2. The molecule has 0 amide bonds. The van der Waals surface area contributed by atoms with Crippen LogP contribution in [0.15, 0.2) is 59.7 Å². The number of aromatic carboxylic acids is 1. The molecular weight excluding hydrogens is 441 g/mol. The van der Waals surface area contributed by atoms with Gasteiger partial charge in [-0.3, -0.25) is 5.43 Å². The highest BCUT2D eigenvalue weighted by atomic mass is 127. The summed E-state index contributed by atoms with van der Waals surface area (Å²) in [6.07, 6.45) is 1.79. The standard InChI is InChI=1S/C20H18IN3O2/c1-13-11-16(12-22-23-18-7-5-17(21)6-8-18)14(2)24(13)19-9-3-15(4-10-19)20(25)26/h3-12,23H,1-2H3,(H,25,26)/b22-12+. The number of carboxylic acid groups (broad SMARTS) is 1. The van der Waals surface area contributed by atoms with Gasteiger partial charge in [0.25, 0.3) is 0 Å². The molecule has 2 N–H and O–H groups in total. The zero-order chi connectivity index (χ0) is 18.7. The summed E-state index contributed by atoms with van der Waals surface area (Å²) in [6, 6.07) is 16.9. The van der Waals surface area contributed by atoms with E-state index in [1.54, 1.807) is 18.3 Å². The minimum absolute atomic E-state index is 0.278. The first-order valence-electron chi connectivity index (χ1n) is 8.03. The molecule has 0 spiro atoms. The lowest BCUT2D eigenvalue weighted by molar-refractivity contribution is 0.0697.